The van der Waals surface area contributed by atoms with Gasteiger partial charge in [0.2, 0.25) is 0 Å². The van der Waals surface area contributed by atoms with Gasteiger partial charge in [0.15, 0.2) is 0 Å². The average Bonchev–Trinajstić information content (AvgIpc) is 2.38. The van der Waals surface area contributed by atoms with Crippen molar-refractivity contribution >= 4 is 25.9 Å². The van der Waals surface area contributed by atoms with Crippen LogP contribution in [0.25, 0.3) is 5.32 Å². The Hall–Kier alpha value is 0.0795. The summed E-state index contributed by atoms with van der Waals surface area (Å²) in [7, 11) is 9.53. The van der Waals surface area contributed by atoms with Crippen LogP contribution in [0.2, 0.25) is 0 Å². The molecule has 2 nitrogen and oxygen atoms in total. The van der Waals surface area contributed by atoms with E-state index in [4.69, 9.17) is 25.5 Å². The Labute approximate surface area is 158 Å². The van der Waals surface area contributed by atoms with Crippen LogP contribution >= 0.6 is 20.2 Å². The minimum atomic E-state index is -0.299. The fourth-order valence-corrected chi connectivity index (χ4v) is 2.43. The van der Waals surface area contributed by atoms with Crippen molar-refractivity contribution in [3.8, 4) is 0 Å². The topological polar surface area (TPSA) is 34.3 Å². The Morgan fingerprint density at radius 3 is 1.70 bits per heavy atom. The monoisotopic (exact) mass is 404 g/mol. The van der Waals surface area contributed by atoms with E-state index < -0.39 is 0 Å². The molecule has 2 atom stereocenters. The molecule has 0 amide bonds. The second-order valence-corrected chi connectivity index (χ2v) is 8.03. The van der Waals surface area contributed by atoms with E-state index in [0.717, 1.165) is 5.69 Å². The number of benzene rings is 1. The summed E-state index contributed by atoms with van der Waals surface area (Å²) < 4.78 is 0. The average molecular weight is 405 g/mol. The molecule has 0 aliphatic rings. The number of halogens is 2. The van der Waals surface area contributed by atoms with E-state index in [0.29, 0.717) is 18.3 Å². The van der Waals surface area contributed by atoms with Crippen LogP contribution in [-0.2, 0) is 13.1 Å². The summed E-state index contributed by atoms with van der Waals surface area (Å²) in [6, 6.07) is 6.62. The second kappa shape index (κ2) is 13.4. The molecule has 137 valence electrons. The molecule has 1 N–H and O–H groups in total. The third-order valence-corrected chi connectivity index (χ3v) is 3.37. The molecule has 2 unspecified atom stereocenters. The first-order valence-electron chi connectivity index (χ1n) is 7.61. The zero-order valence-electron chi connectivity index (χ0n) is 14.3. The zero-order valence-corrected chi connectivity index (χ0v) is 16.9. The summed E-state index contributed by atoms with van der Waals surface area (Å²) in [4.78, 5) is 0. The molecule has 0 bridgehead atoms. The SMILES string of the molecule is C.CC(O)CC(C)[N-]c1c(C(C)C)cccc1C(C)C.[Cl][Fe+][Cl]. The standard InChI is InChI=1S/C17H28NO.CH4.2ClH.Fe/c1-11(2)15-8-7-9-16(12(3)4)17(15)18-13(5)10-14(6)19;;;;/h7-9,11-14,19H,10H2,1-6H3;1H4;2*1H;/q-1;;;;+3/p-2. The normalized spacial score (nSPS) is 13.0. The van der Waals surface area contributed by atoms with Crippen molar-refractivity contribution in [2.45, 2.75) is 79.4 Å². The molecule has 0 heterocycles. The Morgan fingerprint density at radius 2 is 1.39 bits per heavy atom. The van der Waals surface area contributed by atoms with Crippen LogP contribution < -0.4 is 0 Å². The Balaban J connectivity index is 0. The van der Waals surface area contributed by atoms with E-state index in [9.17, 15) is 5.11 Å². The predicted molar refractivity (Wildman–Crippen MR) is 102 cm³/mol. The second-order valence-electron chi connectivity index (χ2n) is 6.21. The van der Waals surface area contributed by atoms with Crippen molar-refractivity contribution in [1.29, 1.82) is 0 Å². The van der Waals surface area contributed by atoms with Crippen LogP contribution in [0.1, 0.15) is 78.4 Å². The molecule has 1 aromatic carbocycles. The van der Waals surface area contributed by atoms with Crippen molar-refractivity contribution in [2.75, 3.05) is 0 Å². The van der Waals surface area contributed by atoms with Gasteiger partial charge in [-0.3, -0.25) is 0 Å². The predicted octanol–water partition coefficient (Wildman–Crippen LogP) is 7.11. The van der Waals surface area contributed by atoms with E-state index in [1.807, 2.05) is 6.92 Å². The molecular formula is C18H32Cl2FeNO. The van der Waals surface area contributed by atoms with Gasteiger partial charge in [-0.1, -0.05) is 71.4 Å². The third-order valence-electron chi connectivity index (χ3n) is 3.37. The van der Waals surface area contributed by atoms with Crippen molar-refractivity contribution in [3.05, 3.63) is 34.6 Å². The van der Waals surface area contributed by atoms with Crippen molar-refractivity contribution in [3.63, 3.8) is 0 Å². The molecule has 5 heteroatoms. The zero-order chi connectivity index (χ0) is 17.3. The quantitative estimate of drug-likeness (QED) is 0.503. The molecule has 0 aromatic heterocycles. The summed E-state index contributed by atoms with van der Waals surface area (Å²) in [6.07, 6.45) is 0.414. The Kier molecular flexibility index (Phi) is 14.7. The van der Waals surface area contributed by atoms with Crippen LogP contribution in [0.3, 0.4) is 0 Å². The summed E-state index contributed by atoms with van der Waals surface area (Å²) >= 11 is 0.194. The van der Waals surface area contributed by atoms with Gasteiger partial charge < -0.3 is 10.4 Å². The molecule has 0 spiro atoms. The van der Waals surface area contributed by atoms with Gasteiger partial charge in [-0.15, -0.1) is 11.7 Å². The molecule has 1 aromatic rings. The molecular weight excluding hydrogens is 373 g/mol. The van der Waals surface area contributed by atoms with Crippen LogP contribution in [0.4, 0.5) is 5.69 Å². The maximum absolute atomic E-state index is 9.50. The molecule has 0 radical (unpaired) electrons. The van der Waals surface area contributed by atoms with Gasteiger partial charge >= 0.3 is 33.3 Å². The Morgan fingerprint density at radius 1 is 1.00 bits per heavy atom. The number of aliphatic hydroxyl groups excluding tert-OH is 1. The summed E-state index contributed by atoms with van der Waals surface area (Å²) in [5.74, 6) is 0.937. The fraction of sp³-hybridized carbons (Fsp3) is 0.667. The number of rotatable bonds is 6. The van der Waals surface area contributed by atoms with Crippen molar-refractivity contribution in [1.82, 2.24) is 0 Å². The first-order chi connectivity index (χ1) is 10.2. The molecule has 0 fully saturated rings. The van der Waals surface area contributed by atoms with Crippen LogP contribution in [0.5, 0.6) is 0 Å². The fourth-order valence-electron chi connectivity index (χ4n) is 2.43. The molecule has 23 heavy (non-hydrogen) atoms. The van der Waals surface area contributed by atoms with Crippen LogP contribution in [-0.4, -0.2) is 17.3 Å². The summed E-state index contributed by atoms with van der Waals surface area (Å²) in [5, 5.41) is 14.4. The van der Waals surface area contributed by atoms with Gasteiger partial charge in [-0.25, -0.2) is 0 Å². The van der Waals surface area contributed by atoms with Gasteiger partial charge in [0.25, 0.3) is 0 Å². The van der Waals surface area contributed by atoms with Gasteiger partial charge in [-0.05, 0) is 25.2 Å². The van der Waals surface area contributed by atoms with E-state index in [2.05, 4.69) is 52.8 Å². The van der Waals surface area contributed by atoms with Gasteiger partial charge in [-0.2, -0.15) is 0 Å². The van der Waals surface area contributed by atoms with Crippen molar-refractivity contribution < 1.29 is 18.2 Å². The molecule has 0 saturated heterocycles. The van der Waals surface area contributed by atoms with E-state index in [1.54, 1.807) is 0 Å². The first kappa shape index (κ1) is 25.3. The number of para-hydroxylation sites is 1. The van der Waals surface area contributed by atoms with Gasteiger partial charge in [0.1, 0.15) is 0 Å². The van der Waals surface area contributed by atoms with Crippen LogP contribution in [0, 0.1) is 0 Å². The van der Waals surface area contributed by atoms with E-state index >= 15 is 0 Å². The van der Waals surface area contributed by atoms with Gasteiger partial charge in [0.05, 0.1) is 0 Å². The number of hydrogen-bond donors (Lipinski definition) is 1. The summed E-state index contributed by atoms with van der Waals surface area (Å²) in [5.41, 5.74) is 3.76. The minimum absolute atomic E-state index is 0. The number of nitrogens with zero attached hydrogens (tertiary/aromatic N) is 1. The number of aliphatic hydroxyl groups is 1. The van der Waals surface area contributed by atoms with E-state index in [1.165, 1.54) is 11.1 Å². The Bertz CT molecular complexity index is 399. The molecule has 0 aliphatic heterocycles. The molecule has 0 saturated carbocycles. The van der Waals surface area contributed by atoms with Crippen LogP contribution in [0.15, 0.2) is 18.2 Å². The van der Waals surface area contributed by atoms with Crippen molar-refractivity contribution in [2.24, 2.45) is 0 Å². The summed E-state index contributed by atoms with van der Waals surface area (Å²) in [6.45, 7) is 12.7. The maximum atomic E-state index is 9.50. The van der Waals surface area contributed by atoms with Gasteiger partial charge in [0, 0.05) is 6.10 Å². The van der Waals surface area contributed by atoms with E-state index in [-0.39, 0.29) is 32.7 Å². The number of hydrogen-bond acceptors (Lipinski definition) is 1. The third kappa shape index (κ3) is 9.84. The molecule has 0 aliphatic carbocycles. The molecule has 1 rings (SSSR count). The first-order valence-corrected chi connectivity index (χ1v) is 10.6.